The predicted molar refractivity (Wildman–Crippen MR) is 130 cm³/mol. The van der Waals surface area contributed by atoms with Crippen LogP contribution in [0.1, 0.15) is 36.5 Å². The fourth-order valence-corrected chi connectivity index (χ4v) is 4.27. The normalized spacial score (nSPS) is 13.4. The molecular weight excluding hydrogens is 565 g/mol. The Kier molecular flexibility index (Phi) is 8.47. The Hall–Kier alpha value is -4.01. The third-order valence-electron chi connectivity index (χ3n) is 5.17. The predicted octanol–water partition coefficient (Wildman–Crippen LogP) is 6.32. The van der Waals surface area contributed by atoms with Crippen LogP contribution in [0.4, 0.5) is 27.6 Å². The van der Waals surface area contributed by atoms with Crippen molar-refractivity contribution in [3.63, 3.8) is 0 Å². The summed E-state index contributed by atoms with van der Waals surface area (Å²) in [5.74, 6) is -3.70. The highest BCUT2D eigenvalue weighted by atomic mass is 79.9. The molecule has 2 heterocycles. The van der Waals surface area contributed by atoms with Gasteiger partial charge in [0.25, 0.3) is 0 Å². The van der Waals surface area contributed by atoms with Gasteiger partial charge in [-0.3, -0.25) is 5.41 Å². The lowest BCUT2D eigenvalue weighted by molar-refractivity contribution is -0.144. The van der Waals surface area contributed by atoms with Crippen molar-refractivity contribution in [2.24, 2.45) is 15.8 Å². The maximum atomic E-state index is 14.0. The molecule has 0 fully saturated rings. The van der Waals surface area contributed by atoms with Crippen molar-refractivity contribution >= 4 is 33.8 Å². The second-order valence-corrected chi connectivity index (χ2v) is 8.24. The molecule has 0 aliphatic heterocycles. The Morgan fingerprint density at radius 1 is 1.27 bits per heavy atom. The van der Waals surface area contributed by atoms with Gasteiger partial charge in [0, 0.05) is 51.9 Å². The number of rotatable bonds is 9. The average Bonchev–Trinajstić information content (AvgIpc) is 3.19. The zero-order valence-corrected chi connectivity index (χ0v) is 20.5. The van der Waals surface area contributed by atoms with E-state index in [1.54, 1.807) is 6.92 Å². The first-order valence-electron chi connectivity index (χ1n) is 10.4. The first-order valence-corrected chi connectivity index (χ1v) is 11.2. The van der Waals surface area contributed by atoms with Crippen LogP contribution in [0, 0.1) is 22.6 Å². The summed E-state index contributed by atoms with van der Waals surface area (Å²) in [6, 6.07) is 2.94. The third-order valence-corrected chi connectivity index (χ3v) is 5.99. The van der Waals surface area contributed by atoms with Gasteiger partial charge >= 0.3 is 6.18 Å². The van der Waals surface area contributed by atoms with E-state index >= 15 is 0 Å². The van der Waals surface area contributed by atoms with Crippen LogP contribution in [0.15, 0.2) is 57.1 Å². The Balaban J connectivity index is 2.11. The molecule has 2 aromatic heterocycles. The highest BCUT2D eigenvalue weighted by Gasteiger charge is 2.35. The van der Waals surface area contributed by atoms with Gasteiger partial charge in [0.1, 0.15) is 23.8 Å². The van der Waals surface area contributed by atoms with Crippen molar-refractivity contribution in [3.8, 4) is 11.1 Å². The van der Waals surface area contributed by atoms with Crippen molar-refractivity contribution in [3.05, 3.63) is 75.8 Å². The van der Waals surface area contributed by atoms with E-state index in [1.807, 2.05) is 0 Å². The SMILES string of the molecule is CCC(/C(=C/Nc1ccc(F)cc1F)N=N)c1[nH]c(/C(N)=N\C=N)c(-c2cnc(C(F)(F)F)nc2)c1Br. The van der Waals surface area contributed by atoms with Crippen molar-refractivity contribution in [1.29, 1.82) is 10.9 Å². The molecule has 6 N–H and O–H groups in total. The van der Waals surface area contributed by atoms with Crippen LogP contribution in [0.2, 0.25) is 0 Å². The largest absolute Gasteiger partial charge is 0.451 e. The van der Waals surface area contributed by atoms with Crippen LogP contribution in [0.25, 0.3) is 11.1 Å². The zero-order valence-electron chi connectivity index (χ0n) is 19.0. The van der Waals surface area contributed by atoms with Crippen LogP contribution in [0.5, 0.6) is 0 Å². The summed E-state index contributed by atoms with van der Waals surface area (Å²) < 4.78 is 66.4. The molecular formula is C22H19BrF5N9. The number of amidine groups is 1. The van der Waals surface area contributed by atoms with E-state index in [0.29, 0.717) is 29.0 Å². The first-order chi connectivity index (χ1) is 17.5. The molecule has 0 saturated carbocycles. The van der Waals surface area contributed by atoms with E-state index < -0.39 is 29.6 Å². The zero-order chi connectivity index (χ0) is 27.3. The molecule has 0 aliphatic carbocycles. The van der Waals surface area contributed by atoms with E-state index in [0.717, 1.165) is 18.5 Å². The van der Waals surface area contributed by atoms with Gasteiger partial charge in [-0.15, -0.1) is 0 Å². The van der Waals surface area contributed by atoms with Gasteiger partial charge in [0.05, 0.1) is 17.1 Å². The third kappa shape index (κ3) is 6.04. The molecule has 0 saturated heterocycles. The Morgan fingerprint density at radius 3 is 2.49 bits per heavy atom. The van der Waals surface area contributed by atoms with Gasteiger partial charge in [0.2, 0.25) is 5.82 Å². The Bertz CT molecular complexity index is 1360. The lowest BCUT2D eigenvalue weighted by Gasteiger charge is -2.15. The van der Waals surface area contributed by atoms with Crippen molar-refractivity contribution in [2.75, 3.05) is 5.32 Å². The minimum absolute atomic E-state index is 0.0476. The number of aromatic nitrogens is 3. The minimum atomic E-state index is -4.73. The standard InChI is InChI=1S/C22H19BrF5N9/c1-2-12(15(37-31)8-32-14-4-3-11(24)5-13(14)25)18-17(23)16(19(36-18)20(30)35-9-29)10-6-33-21(34-7-10)22(26,27)28/h3-9,12,31-32,36H,2H2,1H3,(H3,29,30,35)/b15-8-,37-31?. The topological polar surface area (TPSA) is 152 Å². The second kappa shape index (κ2) is 11.4. The number of allylic oxidation sites excluding steroid dienone is 1. The van der Waals surface area contributed by atoms with Crippen LogP contribution in [-0.2, 0) is 6.18 Å². The summed E-state index contributed by atoms with van der Waals surface area (Å²) in [4.78, 5) is 13.6. The fourth-order valence-electron chi connectivity index (χ4n) is 3.47. The van der Waals surface area contributed by atoms with Crippen LogP contribution >= 0.6 is 15.9 Å². The molecule has 0 aliphatic rings. The maximum absolute atomic E-state index is 14.0. The van der Waals surface area contributed by atoms with Crippen molar-refractivity contribution in [1.82, 2.24) is 15.0 Å². The number of hydrogen-bond acceptors (Lipinski definition) is 6. The molecule has 0 bridgehead atoms. The number of H-pyrrole nitrogens is 1. The summed E-state index contributed by atoms with van der Waals surface area (Å²) in [5.41, 5.74) is 14.8. The van der Waals surface area contributed by atoms with Gasteiger partial charge in [-0.1, -0.05) is 6.92 Å². The molecule has 3 aromatic rings. The highest BCUT2D eigenvalue weighted by Crippen LogP contribution is 2.41. The van der Waals surface area contributed by atoms with Gasteiger partial charge < -0.3 is 16.0 Å². The molecule has 1 aromatic carbocycles. The number of alkyl halides is 3. The summed E-state index contributed by atoms with van der Waals surface area (Å²) >= 11 is 3.44. The molecule has 0 spiro atoms. The van der Waals surface area contributed by atoms with Crippen LogP contribution in [-0.4, -0.2) is 27.1 Å². The number of nitrogens with zero attached hydrogens (tertiary/aromatic N) is 4. The van der Waals surface area contributed by atoms with E-state index in [9.17, 15) is 22.0 Å². The molecule has 0 amide bonds. The number of hydrogen-bond donors (Lipinski definition) is 5. The quantitative estimate of drug-likeness (QED) is 0.0865. The van der Waals surface area contributed by atoms with Gasteiger partial charge in [-0.2, -0.15) is 18.3 Å². The molecule has 37 heavy (non-hydrogen) atoms. The number of halogens is 6. The molecule has 194 valence electrons. The fraction of sp³-hybridized carbons (Fsp3) is 0.182. The molecule has 1 unspecified atom stereocenters. The first kappa shape index (κ1) is 27.6. The molecule has 9 nitrogen and oxygen atoms in total. The lowest BCUT2D eigenvalue weighted by atomic mass is 9.98. The monoisotopic (exact) mass is 583 g/mol. The summed E-state index contributed by atoms with van der Waals surface area (Å²) in [6.45, 7) is 1.78. The van der Waals surface area contributed by atoms with E-state index in [2.05, 4.69) is 46.3 Å². The van der Waals surface area contributed by atoms with Gasteiger partial charge in [-0.05, 0) is 34.5 Å². The van der Waals surface area contributed by atoms with E-state index in [-0.39, 0.29) is 34.0 Å². The molecule has 3 rings (SSSR count). The number of aromatic amines is 1. The Labute approximate surface area is 215 Å². The lowest BCUT2D eigenvalue weighted by Crippen LogP contribution is -2.16. The van der Waals surface area contributed by atoms with Crippen LogP contribution in [0.3, 0.4) is 0 Å². The molecule has 1 atom stereocenters. The molecule has 0 radical (unpaired) electrons. The van der Waals surface area contributed by atoms with Gasteiger partial charge in [0.15, 0.2) is 0 Å². The van der Waals surface area contributed by atoms with E-state index in [1.165, 1.54) is 12.3 Å². The summed E-state index contributed by atoms with van der Waals surface area (Å²) in [5, 5.41) is 13.4. The van der Waals surface area contributed by atoms with Crippen molar-refractivity contribution in [2.45, 2.75) is 25.4 Å². The summed E-state index contributed by atoms with van der Waals surface area (Å²) in [7, 11) is 0. The van der Waals surface area contributed by atoms with Crippen LogP contribution < -0.4 is 11.1 Å². The highest BCUT2D eigenvalue weighted by molar-refractivity contribution is 9.10. The summed E-state index contributed by atoms with van der Waals surface area (Å²) in [6.07, 6.45) is -0.451. The number of benzene rings is 1. The maximum Gasteiger partial charge on any atom is 0.451 e. The number of anilines is 1. The van der Waals surface area contributed by atoms with E-state index in [4.69, 9.17) is 16.7 Å². The number of aliphatic imine (C=N–C) groups is 1. The van der Waals surface area contributed by atoms with Crippen molar-refractivity contribution < 1.29 is 22.0 Å². The van der Waals surface area contributed by atoms with Gasteiger partial charge in [-0.25, -0.2) is 29.3 Å². The number of nitrogens with two attached hydrogens (primary N) is 1. The smallest absolute Gasteiger partial charge is 0.382 e. The molecule has 15 heteroatoms. The Morgan fingerprint density at radius 2 is 1.95 bits per heavy atom. The number of nitrogens with one attached hydrogen (secondary N) is 4. The minimum Gasteiger partial charge on any atom is -0.382 e. The second-order valence-electron chi connectivity index (χ2n) is 7.45. The average molecular weight is 584 g/mol.